The summed E-state index contributed by atoms with van der Waals surface area (Å²) in [5.74, 6) is 0.203. The second-order valence-corrected chi connectivity index (χ2v) is 5.97. The largest absolute Gasteiger partial charge is 0.391 e. The Morgan fingerprint density at radius 3 is 2.56 bits per heavy atom. The van der Waals surface area contributed by atoms with Gasteiger partial charge in [0.1, 0.15) is 0 Å². The molecule has 18 heavy (non-hydrogen) atoms. The van der Waals surface area contributed by atoms with Gasteiger partial charge in [0.15, 0.2) is 5.79 Å². The highest BCUT2D eigenvalue weighted by Gasteiger charge is 2.46. The van der Waals surface area contributed by atoms with Crippen LogP contribution in [0.2, 0.25) is 0 Å². The molecule has 2 unspecified atom stereocenters. The monoisotopic (exact) mass is 257 g/mol. The van der Waals surface area contributed by atoms with E-state index in [2.05, 4.69) is 25.7 Å². The lowest BCUT2D eigenvalue weighted by Gasteiger charge is -2.44. The number of hydrogen-bond donors (Lipinski definition) is 1. The van der Waals surface area contributed by atoms with Gasteiger partial charge in [0.25, 0.3) is 0 Å². The first-order valence-electron chi connectivity index (χ1n) is 7.26. The van der Waals surface area contributed by atoms with E-state index in [0.717, 1.165) is 32.4 Å². The van der Waals surface area contributed by atoms with Crippen LogP contribution >= 0.6 is 0 Å². The number of aliphatic hydroxyl groups is 1. The normalized spacial score (nSPS) is 31.7. The van der Waals surface area contributed by atoms with Crippen molar-refractivity contribution < 1.29 is 14.6 Å². The summed E-state index contributed by atoms with van der Waals surface area (Å²) >= 11 is 0. The van der Waals surface area contributed by atoms with E-state index >= 15 is 0 Å². The molecule has 2 fully saturated rings. The molecule has 1 saturated carbocycles. The van der Waals surface area contributed by atoms with Gasteiger partial charge in [0, 0.05) is 25.4 Å². The Labute approximate surface area is 110 Å². The van der Waals surface area contributed by atoms with E-state index < -0.39 is 5.79 Å². The molecule has 0 aromatic rings. The minimum absolute atomic E-state index is 0.171. The van der Waals surface area contributed by atoms with Crippen LogP contribution in [0, 0.1) is 5.92 Å². The van der Waals surface area contributed by atoms with Crippen LogP contribution < -0.4 is 0 Å². The molecule has 1 heterocycles. The van der Waals surface area contributed by atoms with Gasteiger partial charge >= 0.3 is 0 Å². The fourth-order valence-corrected chi connectivity index (χ4v) is 3.22. The zero-order valence-corrected chi connectivity index (χ0v) is 11.9. The molecule has 4 nitrogen and oxygen atoms in total. The summed E-state index contributed by atoms with van der Waals surface area (Å²) in [6.07, 6.45) is 2.15. The summed E-state index contributed by atoms with van der Waals surface area (Å²) in [5.41, 5.74) is 0. The van der Waals surface area contributed by atoms with Crippen molar-refractivity contribution >= 4 is 0 Å². The van der Waals surface area contributed by atoms with Crippen LogP contribution in [0.1, 0.15) is 40.0 Å². The van der Waals surface area contributed by atoms with Gasteiger partial charge in [-0.3, -0.25) is 4.90 Å². The van der Waals surface area contributed by atoms with E-state index in [-0.39, 0.29) is 12.1 Å². The molecule has 2 aliphatic rings. The maximum absolute atomic E-state index is 10.3. The molecule has 0 aromatic carbocycles. The standard InChI is InChI=1S/C14H27NO3/c1-4-15(10-11(2)3)12-9-14(6-5-13(12)16)17-7-8-18-14/h11-13,16H,4-10H2,1-3H3. The van der Waals surface area contributed by atoms with Gasteiger partial charge in [0.05, 0.1) is 19.3 Å². The van der Waals surface area contributed by atoms with Crippen LogP contribution in [0.25, 0.3) is 0 Å². The van der Waals surface area contributed by atoms with E-state index in [1.54, 1.807) is 0 Å². The van der Waals surface area contributed by atoms with Crippen molar-refractivity contribution in [2.75, 3.05) is 26.3 Å². The molecule has 1 aliphatic heterocycles. The Morgan fingerprint density at radius 1 is 1.33 bits per heavy atom. The smallest absolute Gasteiger partial charge is 0.170 e. The summed E-state index contributed by atoms with van der Waals surface area (Å²) in [7, 11) is 0. The number of ether oxygens (including phenoxy) is 2. The van der Waals surface area contributed by atoms with Crippen molar-refractivity contribution in [1.29, 1.82) is 0 Å². The number of hydrogen-bond acceptors (Lipinski definition) is 4. The van der Waals surface area contributed by atoms with Crippen molar-refractivity contribution in [2.24, 2.45) is 5.92 Å². The molecular formula is C14H27NO3. The lowest BCUT2D eigenvalue weighted by atomic mass is 9.86. The number of nitrogens with zero attached hydrogens (tertiary/aromatic N) is 1. The zero-order valence-electron chi connectivity index (χ0n) is 11.9. The van der Waals surface area contributed by atoms with E-state index in [0.29, 0.717) is 19.1 Å². The molecule has 4 heteroatoms. The molecule has 0 amide bonds. The molecule has 1 aliphatic carbocycles. The van der Waals surface area contributed by atoms with Gasteiger partial charge < -0.3 is 14.6 Å². The molecule has 0 radical (unpaired) electrons. The third kappa shape index (κ3) is 3.05. The van der Waals surface area contributed by atoms with Crippen molar-refractivity contribution in [1.82, 2.24) is 4.90 Å². The van der Waals surface area contributed by atoms with Crippen LogP contribution in [-0.2, 0) is 9.47 Å². The zero-order chi connectivity index (χ0) is 13.2. The number of aliphatic hydroxyl groups excluding tert-OH is 1. The second-order valence-electron chi connectivity index (χ2n) is 5.97. The highest BCUT2D eigenvalue weighted by atomic mass is 16.7. The molecule has 106 valence electrons. The molecule has 1 spiro atoms. The molecule has 2 rings (SSSR count). The third-order valence-corrected chi connectivity index (χ3v) is 4.07. The van der Waals surface area contributed by atoms with Crippen LogP contribution in [-0.4, -0.2) is 54.2 Å². The van der Waals surface area contributed by atoms with Gasteiger partial charge in [-0.2, -0.15) is 0 Å². The quantitative estimate of drug-likeness (QED) is 0.831. The molecule has 0 aromatic heterocycles. The predicted octanol–water partition coefficient (Wildman–Crippen LogP) is 1.62. The van der Waals surface area contributed by atoms with Gasteiger partial charge in [-0.05, 0) is 18.9 Å². The van der Waals surface area contributed by atoms with Crippen molar-refractivity contribution in [3.8, 4) is 0 Å². The van der Waals surface area contributed by atoms with Crippen LogP contribution in [0.15, 0.2) is 0 Å². The maximum Gasteiger partial charge on any atom is 0.170 e. The Bertz CT molecular complexity index is 264. The summed E-state index contributed by atoms with van der Waals surface area (Å²) in [6.45, 7) is 9.97. The minimum atomic E-state index is -0.408. The van der Waals surface area contributed by atoms with Crippen molar-refractivity contribution in [3.05, 3.63) is 0 Å². The highest BCUT2D eigenvalue weighted by Crippen LogP contribution is 2.37. The maximum atomic E-state index is 10.3. The topological polar surface area (TPSA) is 41.9 Å². The average Bonchev–Trinajstić information content (AvgIpc) is 2.78. The summed E-state index contributed by atoms with van der Waals surface area (Å²) in [4.78, 5) is 2.38. The first-order valence-corrected chi connectivity index (χ1v) is 7.26. The van der Waals surface area contributed by atoms with Crippen molar-refractivity contribution in [3.63, 3.8) is 0 Å². The van der Waals surface area contributed by atoms with Crippen molar-refractivity contribution in [2.45, 2.75) is 58.0 Å². The summed E-state index contributed by atoms with van der Waals surface area (Å²) in [5, 5.41) is 10.3. The fraction of sp³-hybridized carbons (Fsp3) is 1.00. The van der Waals surface area contributed by atoms with Gasteiger partial charge in [-0.15, -0.1) is 0 Å². The summed E-state index contributed by atoms with van der Waals surface area (Å²) < 4.78 is 11.6. The van der Waals surface area contributed by atoms with E-state index in [1.165, 1.54) is 0 Å². The first-order chi connectivity index (χ1) is 8.56. The van der Waals surface area contributed by atoms with E-state index in [1.807, 2.05) is 0 Å². The van der Waals surface area contributed by atoms with E-state index in [4.69, 9.17) is 9.47 Å². The van der Waals surface area contributed by atoms with Gasteiger partial charge in [-0.1, -0.05) is 20.8 Å². The second kappa shape index (κ2) is 5.87. The minimum Gasteiger partial charge on any atom is -0.391 e. The average molecular weight is 257 g/mol. The Hall–Kier alpha value is -0.160. The number of likely N-dealkylation sites (N-methyl/N-ethyl adjacent to an activating group) is 1. The Balaban J connectivity index is 2.03. The lowest BCUT2D eigenvalue weighted by Crippen LogP contribution is -2.54. The van der Waals surface area contributed by atoms with Crippen LogP contribution in [0.3, 0.4) is 0 Å². The molecular weight excluding hydrogens is 230 g/mol. The van der Waals surface area contributed by atoms with Crippen LogP contribution in [0.4, 0.5) is 0 Å². The summed E-state index contributed by atoms with van der Waals surface area (Å²) in [6, 6.07) is 0.171. The lowest BCUT2D eigenvalue weighted by molar-refractivity contribution is -0.205. The Kier molecular flexibility index (Phi) is 4.64. The molecule has 1 saturated heterocycles. The number of rotatable bonds is 4. The molecule has 2 atom stereocenters. The molecule has 1 N–H and O–H groups in total. The van der Waals surface area contributed by atoms with Gasteiger partial charge in [-0.25, -0.2) is 0 Å². The first kappa shape index (κ1) is 14.3. The van der Waals surface area contributed by atoms with Crippen LogP contribution in [0.5, 0.6) is 0 Å². The third-order valence-electron chi connectivity index (χ3n) is 4.07. The SMILES string of the molecule is CCN(CC(C)C)C1CC2(CCC1O)OCCO2. The predicted molar refractivity (Wildman–Crippen MR) is 70.4 cm³/mol. The highest BCUT2D eigenvalue weighted by molar-refractivity contribution is 4.93. The Morgan fingerprint density at radius 2 is 2.00 bits per heavy atom. The molecule has 0 bridgehead atoms. The fourth-order valence-electron chi connectivity index (χ4n) is 3.22. The van der Waals surface area contributed by atoms with Gasteiger partial charge in [0.2, 0.25) is 0 Å². The van der Waals surface area contributed by atoms with E-state index in [9.17, 15) is 5.11 Å².